The Labute approximate surface area is 130 Å². The first-order valence-corrected chi connectivity index (χ1v) is 7.55. The molecule has 1 N–H and O–H groups in total. The number of rotatable bonds is 1. The van der Waals surface area contributed by atoms with Crippen molar-refractivity contribution in [3.63, 3.8) is 0 Å². The van der Waals surface area contributed by atoms with Crippen molar-refractivity contribution < 1.29 is 19.4 Å². The molecular formula is C15H14BrNO4. The first kappa shape index (κ1) is 14.1. The van der Waals surface area contributed by atoms with Gasteiger partial charge in [0.15, 0.2) is 0 Å². The smallest absolute Gasteiger partial charge is 0.407 e. The van der Waals surface area contributed by atoms with Gasteiger partial charge in [-0.3, -0.25) is 0 Å². The van der Waals surface area contributed by atoms with E-state index in [1.165, 1.54) is 4.90 Å². The van der Waals surface area contributed by atoms with Crippen molar-refractivity contribution in [2.24, 2.45) is 5.92 Å². The van der Waals surface area contributed by atoms with Crippen LogP contribution in [0, 0.1) is 5.92 Å². The van der Waals surface area contributed by atoms with E-state index < -0.39 is 6.09 Å². The van der Waals surface area contributed by atoms with Gasteiger partial charge in [0.1, 0.15) is 5.76 Å². The molecule has 110 valence electrons. The number of likely N-dealkylation sites (tertiary alicyclic amines) is 1. The Hall–Kier alpha value is -1.82. The van der Waals surface area contributed by atoms with Crippen LogP contribution in [0.4, 0.5) is 4.79 Å². The fourth-order valence-electron chi connectivity index (χ4n) is 2.70. The summed E-state index contributed by atoms with van der Waals surface area (Å²) in [5, 5.41) is 8.94. The second-order valence-electron chi connectivity index (χ2n) is 5.22. The predicted octanol–water partition coefficient (Wildman–Crippen LogP) is 3.35. The van der Waals surface area contributed by atoms with Crippen molar-refractivity contribution in [2.75, 3.05) is 13.1 Å². The summed E-state index contributed by atoms with van der Waals surface area (Å²) in [6.07, 6.45) is 2.57. The second-order valence-corrected chi connectivity index (χ2v) is 6.13. The van der Waals surface area contributed by atoms with Crippen LogP contribution in [0.25, 0.3) is 5.76 Å². The van der Waals surface area contributed by atoms with Crippen LogP contribution >= 0.6 is 15.9 Å². The molecule has 0 radical (unpaired) electrons. The lowest BCUT2D eigenvalue weighted by atomic mass is 9.95. The molecule has 5 nitrogen and oxygen atoms in total. The van der Waals surface area contributed by atoms with Crippen molar-refractivity contribution in [1.29, 1.82) is 0 Å². The minimum Gasteiger partial charge on any atom is -0.465 e. The average molecular weight is 352 g/mol. The monoisotopic (exact) mass is 351 g/mol. The first-order valence-electron chi connectivity index (χ1n) is 6.76. The number of carbonyl (C=O) groups excluding carboxylic acids is 1. The molecule has 1 fully saturated rings. The molecule has 2 heterocycles. The number of fused-ring (bicyclic) bond motifs is 1. The summed E-state index contributed by atoms with van der Waals surface area (Å²) in [5.74, 6) is 0.491. The van der Waals surface area contributed by atoms with Gasteiger partial charge >= 0.3 is 12.1 Å². The lowest BCUT2D eigenvalue weighted by molar-refractivity contribution is 0.0714. The maximum atomic E-state index is 11.8. The lowest BCUT2D eigenvalue weighted by Crippen LogP contribution is -2.37. The average Bonchev–Trinajstić information content (AvgIpc) is 2.75. The molecule has 1 amide bonds. The highest BCUT2D eigenvalue weighted by Gasteiger charge is 2.28. The van der Waals surface area contributed by atoms with E-state index in [1.807, 2.05) is 18.2 Å². The molecule has 2 aliphatic heterocycles. The summed E-state index contributed by atoms with van der Waals surface area (Å²) in [4.78, 5) is 24.1. The maximum absolute atomic E-state index is 11.8. The van der Waals surface area contributed by atoms with Crippen LogP contribution in [0.3, 0.4) is 0 Å². The number of hydrogen-bond donors (Lipinski definition) is 1. The number of hydrogen-bond acceptors (Lipinski definition) is 3. The molecule has 0 aromatic heterocycles. The Morgan fingerprint density at radius 3 is 2.71 bits per heavy atom. The number of carbonyl (C=O) groups is 2. The van der Waals surface area contributed by atoms with Gasteiger partial charge in [-0.05, 0) is 43.0 Å². The van der Waals surface area contributed by atoms with E-state index in [0.29, 0.717) is 24.4 Å². The number of benzene rings is 1. The number of allylic oxidation sites excluding steroid dienone is 1. The van der Waals surface area contributed by atoms with Crippen LogP contribution in [0.1, 0.15) is 28.8 Å². The van der Waals surface area contributed by atoms with Crippen molar-refractivity contribution in [3.8, 4) is 0 Å². The quantitative estimate of drug-likeness (QED) is 0.787. The molecule has 0 atom stereocenters. The van der Waals surface area contributed by atoms with Crippen molar-refractivity contribution in [3.05, 3.63) is 39.9 Å². The molecule has 0 aliphatic carbocycles. The fraction of sp³-hybridized carbons (Fsp3) is 0.333. The third-order valence-corrected chi connectivity index (χ3v) is 4.36. The molecule has 1 aromatic carbocycles. The maximum Gasteiger partial charge on any atom is 0.407 e. The van der Waals surface area contributed by atoms with Crippen molar-refractivity contribution >= 4 is 33.8 Å². The van der Waals surface area contributed by atoms with Gasteiger partial charge < -0.3 is 14.7 Å². The highest BCUT2D eigenvalue weighted by atomic mass is 79.9. The minimum absolute atomic E-state index is 0.230. The van der Waals surface area contributed by atoms with E-state index in [1.54, 1.807) is 6.07 Å². The van der Waals surface area contributed by atoms with Gasteiger partial charge in [0.2, 0.25) is 0 Å². The zero-order chi connectivity index (χ0) is 15.0. The van der Waals surface area contributed by atoms with Crippen molar-refractivity contribution in [1.82, 2.24) is 4.90 Å². The van der Waals surface area contributed by atoms with Gasteiger partial charge in [-0.1, -0.05) is 15.9 Å². The number of cyclic esters (lactones) is 1. The molecule has 0 spiro atoms. The predicted molar refractivity (Wildman–Crippen MR) is 79.9 cm³/mol. The van der Waals surface area contributed by atoms with Gasteiger partial charge in [0.25, 0.3) is 0 Å². The van der Waals surface area contributed by atoms with E-state index in [0.717, 1.165) is 22.9 Å². The van der Waals surface area contributed by atoms with E-state index in [9.17, 15) is 9.59 Å². The highest BCUT2D eigenvalue weighted by molar-refractivity contribution is 9.10. The van der Waals surface area contributed by atoms with Crippen LogP contribution in [0.5, 0.6) is 0 Å². The minimum atomic E-state index is -0.873. The van der Waals surface area contributed by atoms with E-state index >= 15 is 0 Å². The van der Waals surface area contributed by atoms with E-state index in [4.69, 9.17) is 9.84 Å². The molecule has 21 heavy (non-hydrogen) atoms. The molecule has 2 aliphatic rings. The molecule has 6 heteroatoms. The molecule has 1 aromatic rings. The number of nitrogens with zero attached hydrogens (tertiary/aromatic N) is 1. The Balaban J connectivity index is 1.79. The molecule has 0 unspecified atom stereocenters. The molecule has 0 bridgehead atoms. The third kappa shape index (κ3) is 2.81. The zero-order valence-electron chi connectivity index (χ0n) is 11.2. The van der Waals surface area contributed by atoms with Gasteiger partial charge in [-0.2, -0.15) is 0 Å². The molecule has 3 rings (SSSR count). The molecular weight excluding hydrogens is 338 g/mol. The summed E-state index contributed by atoms with van der Waals surface area (Å²) < 4.78 is 6.23. The zero-order valence-corrected chi connectivity index (χ0v) is 12.8. The number of ether oxygens (including phenoxy) is 1. The summed E-state index contributed by atoms with van der Waals surface area (Å²) in [7, 11) is 0. The van der Waals surface area contributed by atoms with Crippen LogP contribution < -0.4 is 0 Å². The summed E-state index contributed by atoms with van der Waals surface area (Å²) in [6, 6.07) is 5.43. The number of halogens is 1. The van der Waals surface area contributed by atoms with Crippen molar-refractivity contribution in [2.45, 2.75) is 12.8 Å². The number of carboxylic acid groups (broad SMARTS) is 1. The topological polar surface area (TPSA) is 66.8 Å². The molecule has 1 saturated heterocycles. The third-order valence-electron chi connectivity index (χ3n) is 3.87. The standard InChI is InChI=1S/C15H14BrNO4/c16-10-1-2-11-12(8-10)13(21-14(11)18)7-9-3-5-17(6-4-9)15(19)20/h1-2,7-9H,3-6H2,(H,19,20). The van der Waals surface area contributed by atoms with Gasteiger partial charge in [-0.15, -0.1) is 0 Å². The molecule has 0 saturated carbocycles. The normalized spacial score (nSPS) is 20.5. The summed E-state index contributed by atoms with van der Waals surface area (Å²) >= 11 is 3.40. The Morgan fingerprint density at radius 1 is 1.33 bits per heavy atom. The second kappa shape index (κ2) is 5.52. The Kier molecular flexibility index (Phi) is 3.71. The van der Waals surface area contributed by atoms with Crippen LogP contribution in [-0.4, -0.2) is 35.2 Å². The summed E-state index contributed by atoms with van der Waals surface area (Å²) in [5.41, 5.74) is 1.38. The first-order chi connectivity index (χ1) is 10.0. The van der Waals surface area contributed by atoms with E-state index in [-0.39, 0.29) is 11.9 Å². The largest absolute Gasteiger partial charge is 0.465 e. The fourth-order valence-corrected chi connectivity index (χ4v) is 3.06. The Morgan fingerprint density at radius 2 is 2.05 bits per heavy atom. The lowest BCUT2D eigenvalue weighted by Gasteiger charge is -2.28. The van der Waals surface area contributed by atoms with Crippen LogP contribution in [-0.2, 0) is 4.74 Å². The Bertz CT molecular complexity index is 633. The number of esters is 1. The number of amides is 1. The number of piperidine rings is 1. The highest BCUT2D eigenvalue weighted by Crippen LogP contribution is 2.34. The summed E-state index contributed by atoms with van der Waals surface area (Å²) in [6.45, 7) is 1.03. The van der Waals surface area contributed by atoms with Crippen LogP contribution in [0.2, 0.25) is 0 Å². The van der Waals surface area contributed by atoms with Gasteiger partial charge in [0, 0.05) is 23.1 Å². The SMILES string of the molecule is O=C1OC(=CC2CCN(C(=O)O)CC2)c2cc(Br)ccc21. The van der Waals surface area contributed by atoms with Gasteiger partial charge in [-0.25, -0.2) is 9.59 Å². The van der Waals surface area contributed by atoms with E-state index in [2.05, 4.69) is 15.9 Å². The van der Waals surface area contributed by atoms with Crippen LogP contribution in [0.15, 0.2) is 28.7 Å². The van der Waals surface area contributed by atoms with Gasteiger partial charge in [0.05, 0.1) is 5.56 Å².